The van der Waals surface area contributed by atoms with Crippen LogP contribution in [0.25, 0.3) is 5.76 Å². The van der Waals surface area contributed by atoms with E-state index in [1.54, 1.807) is 24.3 Å². The number of halogens is 1. The van der Waals surface area contributed by atoms with Gasteiger partial charge in [0.25, 0.3) is 5.91 Å². The number of nitrogens with one attached hydrogen (secondary N) is 1. The van der Waals surface area contributed by atoms with Crippen molar-refractivity contribution in [3.8, 4) is 11.5 Å². The van der Waals surface area contributed by atoms with Crippen LogP contribution in [0.15, 0.2) is 51.7 Å². The fraction of sp³-hybridized carbons (Fsp3) is 0.259. The maximum absolute atomic E-state index is 13.6. The van der Waals surface area contributed by atoms with Gasteiger partial charge in [0, 0.05) is 40.2 Å². The van der Waals surface area contributed by atoms with Gasteiger partial charge >= 0.3 is 6.09 Å². The Balaban J connectivity index is 1.48. The topological polar surface area (TPSA) is 222 Å². The molecule has 1 fully saturated rings. The van der Waals surface area contributed by atoms with Crippen LogP contribution in [0, 0.1) is 11.8 Å². The zero-order valence-corrected chi connectivity index (χ0v) is 22.3. The fourth-order valence-corrected chi connectivity index (χ4v) is 5.99. The Labute approximate surface area is 235 Å². The van der Waals surface area contributed by atoms with Crippen molar-refractivity contribution in [3.05, 3.63) is 68.4 Å². The zero-order chi connectivity index (χ0) is 29.1. The molecule has 2 amide bonds. The molecule has 0 aliphatic heterocycles. The molecular formula is C27H24BrN3O9. The van der Waals surface area contributed by atoms with Crippen LogP contribution in [0.1, 0.15) is 29.5 Å². The van der Waals surface area contributed by atoms with Crippen molar-refractivity contribution >= 4 is 50.9 Å². The smallest absolute Gasteiger partial charge is 0.412 e. The van der Waals surface area contributed by atoms with Gasteiger partial charge in [-0.05, 0) is 54.7 Å². The summed E-state index contributed by atoms with van der Waals surface area (Å²) in [4.78, 5) is 50.1. The van der Waals surface area contributed by atoms with Crippen molar-refractivity contribution in [2.24, 2.45) is 17.6 Å². The van der Waals surface area contributed by atoms with Crippen molar-refractivity contribution in [1.29, 1.82) is 0 Å². The summed E-state index contributed by atoms with van der Waals surface area (Å²) in [6.45, 7) is -0.252. The van der Waals surface area contributed by atoms with Crippen LogP contribution in [-0.4, -0.2) is 49.6 Å². The minimum atomic E-state index is -2.66. The highest BCUT2D eigenvalue weighted by Gasteiger charge is 2.60. The number of Topliss-reactive ketones (excluding diaryl/α,β-unsaturated/α-hetero) is 2. The Morgan fingerprint density at radius 3 is 2.45 bits per heavy atom. The largest absolute Gasteiger partial charge is 0.508 e. The first-order valence-corrected chi connectivity index (χ1v) is 13.0. The van der Waals surface area contributed by atoms with Gasteiger partial charge in [0.1, 0.15) is 28.6 Å². The molecule has 0 bridgehead atoms. The predicted molar refractivity (Wildman–Crippen MR) is 143 cm³/mol. The minimum Gasteiger partial charge on any atom is -0.508 e. The molecule has 12 nitrogen and oxygen atoms in total. The number of primary amides is 1. The molecule has 2 aromatic rings. The Bertz CT molecular complexity index is 1560. The third-order valence-corrected chi connectivity index (χ3v) is 8.15. The summed E-state index contributed by atoms with van der Waals surface area (Å²) in [5.41, 5.74) is 8.09. The van der Waals surface area contributed by atoms with E-state index in [-0.39, 0.29) is 47.5 Å². The number of aromatic hydroxyl groups is 1. The number of anilines is 1. The number of amides is 2. The molecule has 0 radical (unpaired) electrons. The number of phenols is 1. The van der Waals surface area contributed by atoms with Crippen molar-refractivity contribution in [3.63, 3.8) is 0 Å². The van der Waals surface area contributed by atoms with E-state index >= 15 is 0 Å². The number of carbonyl (C=O) groups excluding carboxylic acids is 4. The molecule has 0 spiro atoms. The molecule has 208 valence electrons. The summed E-state index contributed by atoms with van der Waals surface area (Å²) in [6, 6.07) is 7.93. The number of rotatable bonds is 4. The summed E-state index contributed by atoms with van der Waals surface area (Å²) in [6.07, 6.45) is -1.17. The van der Waals surface area contributed by atoms with Crippen molar-refractivity contribution in [2.45, 2.75) is 31.4 Å². The first-order valence-electron chi connectivity index (χ1n) is 12.2. The van der Waals surface area contributed by atoms with E-state index in [0.29, 0.717) is 5.56 Å². The van der Waals surface area contributed by atoms with Crippen LogP contribution in [0.4, 0.5) is 10.5 Å². The van der Waals surface area contributed by atoms with E-state index in [1.807, 2.05) is 0 Å². The number of benzene rings is 2. The second-order valence-corrected chi connectivity index (χ2v) is 10.8. The lowest BCUT2D eigenvalue weighted by Crippen LogP contribution is -2.58. The van der Waals surface area contributed by atoms with Crippen LogP contribution in [0.3, 0.4) is 0 Å². The molecule has 2 aromatic carbocycles. The molecule has 13 heteroatoms. The number of carbonyl (C=O) groups is 4. The highest BCUT2D eigenvalue weighted by molar-refractivity contribution is 9.10. The van der Waals surface area contributed by atoms with E-state index in [9.17, 15) is 39.6 Å². The summed E-state index contributed by atoms with van der Waals surface area (Å²) in [5, 5.41) is 46.7. The molecule has 40 heavy (non-hydrogen) atoms. The number of hydrogen-bond donors (Lipinski definition) is 7. The summed E-state index contributed by atoms with van der Waals surface area (Å²) < 4.78 is 5.98. The number of fused-ring (bicyclic) bond motifs is 3. The van der Waals surface area contributed by atoms with Crippen molar-refractivity contribution in [1.82, 2.24) is 5.32 Å². The highest BCUT2D eigenvalue weighted by atomic mass is 79.9. The van der Waals surface area contributed by atoms with Gasteiger partial charge in [-0.15, -0.1) is 0 Å². The summed E-state index contributed by atoms with van der Waals surface area (Å²) >= 11 is 3.28. The van der Waals surface area contributed by atoms with Gasteiger partial charge in [-0.25, -0.2) is 4.79 Å². The standard InChI is InChI=1S/C27H24BrN3O9/c28-13-1-3-14(4-2-13)40-26(38)31-9-11-7-16(29)15-6-10-5-12-8-17(32)20(25(30)37)24(36)27(12,39)23(35)18(10)22(34)19(15)21(11)33/h1-4,7,10,12,33-34,36,39H,5-6,8-9,29H2,(H2,30,37)(H,31,38)/t10?,12-,27-/m0/s1. The van der Waals surface area contributed by atoms with Gasteiger partial charge in [-0.2, -0.15) is 0 Å². The van der Waals surface area contributed by atoms with Crippen LogP contribution in [0.5, 0.6) is 11.5 Å². The first kappa shape index (κ1) is 27.2. The number of aliphatic hydroxyl groups excluding tert-OH is 2. The first-order chi connectivity index (χ1) is 18.8. The number of aliphatic hydroxyl groups is 3. The highest BCUT2D eigenvalue weighted by Crippen LogP contribution is 2.53. The third kappa shape index (κ3) is 4.18. The Hall–Kier alpha value is -4.36. The lowest BCUT2D eigenvalue weighted by Gasteiger charge is -2.46. The van der Waals surface area contributed by atoms with Gasteiger partial charge in [-0.1, -0.05) is 15.9 Å². The normalized spacial score (nSPS) is 23.8. The summed E-state index contributed by atoms with van der Waals surface area (Å²) in [7, 11) is 0. The lowest BCUT2D eigenvalue weighted by atomic mass is 9.59. The van der Waals surface area contributed by atoms with Gasteiger partial charge in [0.2, 0.25) is 5.78 Å². The van der Waals surface area contributed by atoms with Crippen molar-refractivity contribution in [2.75, 3.05) is 5.73 Å². The maximum Gasteiger partial charge on any atom is 0.412 e. The molecule has 9 N–H and O–H groups in total. The molecule has 3 aliphatic rings. The Kier molecular flexibility index (Phi) is 6.59. The lowest BCUT2D eigenvalue weighted by molar-refractivity contribution is -0.147. The molecule has 0 aromatic heterocycles. The molecule has 0 heterocycles. The maximum atomic E-state index is 13.6. The number of phenolic OH excluding ortho intramolecular Hbond substituents is 1. The Morgan fingerprint density at radius 1 is 1.12 bits per heavy atom. The second-order valence-electron chi connectivity index (χ2n) is 9.93. The van der Waals surface area contributed by atoms with E-state index in [1.165, 1.54) is 6.07 Å². The summed E-state index contributed by atoms with van der Waals surface area (Å²) in [5.74, 6) is -6.99. The SMILES string of the molecule is NC(=O)C1=C(O)[C@@]2(O)C(=O)C3=C(O)c4c(O)c(CNC(=O)Oc5ccc(Br)cc5)cc(N)c4CC3C[C@H]2CC1=O. The molecule has 1 unspecified atom stereocenters. The van der Waals surface area contributed by atoms with Crippen LogP contribution >= 0.6 is 15.9 Å². The van der Waals surface area contributed by atoms with E-state index < -0.39 is 70.3 Å². The number of ether oxygens (including phenoxy) is 1. The Morgan fingerprint density at radius 2 is 1.80 bits per heavy atom. The minimum absolute atomic E-state index is 0.00563. The van der Waals surface area contributed by atoms with E-state index in [0.717, 1.165) is 4.47 Å². The quantitative estimate of drug-likeness (QED) is 0.151. The number of nitrogens with two attached hydrogens (primary N) is 2. The van der Waals surface area contributed by atoms with Gasteiger partial charge in [0.15, 0.2) is 11.4 Å². The number of hydrogen-bond acceptors (Lipinski definition) is 10. The van der Waals surface area contributed by atoms with E-state index in [2.05, 4.69) is 21.2 Å². The predicted octanol–water partition coefficient (Wildman–Crippen LogP) is 2.06. The number of ketones is 2. The molecule has 0 saturated heterocycles. The average Bonchev–Trinajstić information content (AvgIpc) is 2.88. The molecule has 3 atom stereocenters. The van der Waals surface area contributed by atoms with Crippen LogP contribution < -0.4 is 21.5 Å². The van der Waals surface area contributed by atoms with Crippen molar-refractivity contribution < 1.29 is 44.3 Å². The third-order valence-electron chi connectivity index (χ3n) is 7.62. The van der Waals surface area contributed by atoms with Crippen LogP contribution in [-0.2, 0) is 27.3 Å². The van der Waals surface area contributed by atoms with Gasteiger partial charge in [0.05, 0.1) is 5.56 Å². The van der Waals surface area contributed by atoms with Gasteiger partial charge in [-0.3, -0.25) is 14.4 Å². The van der Waals surface area contributed by atoms with Crippen LogP contribution in [0.2, 0.25) is 0 Å². The monoisotopic (exact) mass is 613 g/mol. The number of nitrogen functional groups attached to an aromatic ring is 1. The molecule has 5 rings (SSSR count). The van der Waals surface area contributed by atoms with E-state index in [4.69, 9.17) is 16.2 Å². The van der Waals surface area contributed by atoms with Gasteiger partial charge < -0.3 is 41.9 Å². The molecule has 3 aliphatic carbocycles. The zero-order valence-electron chi connectivity index (χ0n) is 20.7. The average molecular weight is 614 g/mol. The molecular weight excluding hydrogens is 590 g/mol. The fourth-order valence-electron chi connectivity index (χ4n) is 5.72. The second kappa shape index (κ2) is 9.68. The molecule has 1 saturated carbocycles.